The minimum atomic E-state index is -4.54. The first-order chi connectivity index (χ1) is 9.76. The lowest BCUT2D eigenvalue weighted by Crippen LogP contribution is -2.20. The first kappa shape index (κ1) is 17.3. The van der Waals surface area contributed by atoms with Crippen molar-refractivity contribution in [2.45, 2.75) is 25.4 Å². The molecule has 0 radical (unpaired) electrons. The molecule has 0 aliphatic heterocycles. The number of esters is 1. The molecule has 1 rings (SSSR count). The summed E-state index contributed by atoms with van der Waals surface area (Å²) in [4.78, 5) is 22.5. The Balaban J connectivity index is 2.21. The number of carbonyl (C=O) groups excluding carboxylic acids is 2. The van der Waals surface area contributed by atoms with E-state index < -0.39 is 18.8 Å². The van der Waals surface area contributed by atoms with E-state index in [1.165, 1.54) is 0 Å². The van der Waals surface area contributed by atoms with Gasteiger partial charge >= 0.3 is 12.1 Å². The van der Waals surface area contributed by atoms with Crippen LogP contribution in [-0.4, -0.2) is 24.7 Å². The second-order valence-electron chi connectivity index (χ2n) is 4.18. The van der Waals surface area contributed by atoms with Gasteiger partial charge in [-0.3, -0.25) is 9.59 Å². The van der Waals surface area contributed by atoms with Gasteiger partial charge in [0.25, 0.3) is 0 Å². The molecule has 0 saturated carbocycles. The molecule has 4 nitrogen and oxygen atoms in total. The Kier molecular flexibility index (Phi) is 6.48. The maximum Gasteiger partial charge on any atom is 0.422 e. The zero-order chi connectivity index (χ0) is 15.9. The van der Waals surface area contributed by atoms with Crippen molar-refractivity contribution >= 4 is 29.2 Å². The molecule has 0 heterocycles. The van der Waals surface area contributed by atoms with Crippen LogP contribution in [-0.2, 0) is 14.3 Å². The molecular weight excluding hydrogens is 311 g/mol. The highest BCUT2D eigenvalue weighted by Gasteiger charge is 2.29. The van der Waals surface area contributed by atoms with Crippen LogP contribution in [0.3, 0.4) is 0 Å². The molecule has 0 aliphatic carbocycles. The van der Waals surface area contributed by atoms with Crippen LogP contribution in [0.5, 0.6) is 0 Å². The van der Waals surface area contributed by atoms with Gasteiger partial charge in [-0.1, -0.05) is 11.6 Å². The first-order valence-corrected chi connectivity index (χ1v) is 6.42. The van der Waals surface area contributed by atoms with Gasteiger partial charge in [-0.2, -0.15) is 13.2 Å². The molecule has 116 valence electrons. The quantitative estimate of drug-likeness (QED) is 0.814. The highest BCUT2D eigenvalue weighted by atomic mass is 35.5. The van der Waals surface area contributed by atoms with Crippen molar-refractivity contribution in [2.75, 3.05) is 11.9 Å². The lowest BCUT2D eigenvalue weighted by atomic mass is 10.2. The van der Waals surface area contributed by atoms with Crippen molar-refractivity contribution in [1.82, 2.24) is 0 Å². The molecule has 21 heavy (non-hydrogen) atoms. The third-order valence-electron chi connectivity index (χ3n) is 2.31. The fraction of sp³-hybridized carbons (Fsp3) is 0.385. The van der Waals surface area contributed by atoms with Crippen molar-refractivity contribution in [3.8, 4) is 0 Å². The Hall–Kier alpha value is -1.76. The molecule has 0 aliphatic rings. The largest absolute Gasteiger partial charge is 0.456 e. The van der Waals surface area contributed by atoms with Crippen molar-refractivity contribution < 1.29 is 27.5 Å². The number of amides is 1. The third kappa shape index (κ3) is 8.19. The topological polar surface area (TPSA) is 55.4 Å². The van der Waals surface area contributed by atoms with E-state index in [1.807, 2.05) is 0 Å². The van der Waals surface area contributed by atoms with Crippen LogP contribution in [0.25, 0.3) is 0 Å². The Morgan fingerprint density at radius 3 is 2.33 bits per heavy atom. The molecule has 1 amide bonds. The molecule has 0 unspecified atom stereocenters. The predicted molar refractivity (Wildman–Crippen MR) is 70.9 cm³/mol. The number of anilines is 1. The zero-order valence-electron chi connectivity index (χ0n) is 10.9. The van der Waals surface area contributed by atoms with Crippen molar-refractivity contribution in [3.63, 3.8) is 0 Å². The van der Waals surface area contributed by atoms with Crippen LogP contribution in [0.2, 0.25) is 5.02 Å². The summed E-state index contributed by atoms with van der Waals surface area (Å²) in [5, 5.41) is 3.10. The number of benzene rings is 1. The van der Waals surface area contributed by atoms with Gasteiger partial charge in [0, 0.05) is 23.6 Å². The first-order valence-electron chi connectivity index (χ1n) is 6.04. The van der Waals surface area contributed by atoms with E-state index in [-0.39, 0.29) is 25.2 Å². The van der Waals surface area contributed by atoms with Crippen molar-refractivity contribution in [3.05, 3.63) is 29.3 Å². The van der Waals surface area contributed by atoms with Gasteiger partial charge in [0.15, 0.2) is 6.61 Å². The van der Waals surface area contributed by atoms with Crippen molar-refractivity contribution in [2.24, 2.45) is 0 Å². The standard InChI is InChI=1S/C13H13ClF3NO3/c14-9-4-6-10(7-5-9)18-11(19)2-1-3-12(20)21-8-13(15,16)17/h4-7H,1-3,8H2,(H,18,19). The van der Waals surface area contributed by atoms with Gasteiger partial charge in [-0.25, -0.2) is 0 Å². The fourth-order valence-electron chi connectivity index (χ4n) is 1.38. The number of carbonyl (C=O) groups is 2. The number of halogens is 4. The molecule has 0 atom stereocenters. The summed E-state index contributed by atoms with van der Waals surface area (Å²) in [7, 11) is 0. The third-order valence-corrected chi connectivity index (χ3v) is 2.56. The molecule has 1 N–H and O–H groups in total. The van der Waals surface area contributed by atoms with Gasteiger partial charge in [0.05, 0.1) is 0 Å². The second-order valence-corrected chi connectivity index (χ2v) is 4.62. The summed E-state index contributed by atoms with van der Waals surface area (Å²) in [5.41, 5.74) is 0.545. The van der Waals surface area contributed by atoms with Gasteiger partial charge in [0.1, 0.15) is 0 Å². The monoisotopic (exact) mass is 323 g/mol. The van der Waals surface area contributed by atoms with E-state index in [0.29, 0.717) is 10.7 Å². The SMILES string of the molecule is O=C(CCCC(=O)OCC(F)(F)F)Nc1ccc(Cl)cc1. The normalized spacial score (nSPS) is 11.0. The predicted octanol–water partition coefficient (Wildman–Crippen LogP) is 3.55. The van der Waals surface area contributed by atoms with E-state index in [4.69, 9.17) is 11.6 Å². The molecule has 1 aromatic carbocycles. The maximum atomic E-state index is 11.8. The molecule has 8 heteroatoms. The fourth-order valence-corrected chi connectivity index (χ4v) is 1.51. The Labute approximate surface area is 124 Å². The molecule has 0 aromatic heterocycles. The molecular formula is C13H13ClF3NO3. The number of hydrogen-bond donors (Lipinski definition) is 1. The zero-order valence-corrected chi connectivity index (χ0v) is 11.6. The summed E-state index contributed by atoms with van der Waals surface area (Å²) >= 11 is 5.68. The lowest BCUT2D eigenvalue weighted by Gasteiger charge is -2.08. The van der Waals surface area contributed by atoms with Crippen LogP contribution in [0.4, 0.5) is 18.9 Å². The number of alkyl halides is 3. The Morgan fingerprint density at radius 2 is 1.76 bits per heavy atom. The van der Waals surface area contributed by atoms with E-state index >= 15 is 0 Å². The van der Waals surface area contributed by atoms with E-state index in [9.17, 15) is 22.8 Å². The summed E-state index contributed by atoms with van der Waals surface area (Å²) in [6, 6.07) is 6.42. The summed E-state index contributed by atoms with van der Waals surface area (Å²) < 4.78 is 39.4. The number of rotatable bonds is 6. The van der Waals surface area contributed by atoms with Crippen LogP contribution < -0.4 is 5.32 Å². The number of hydrogen-bond acceptors (Lipinski definition) is 3. The van der Waals surface area contributed by atoms with Crippen LogP contribution in [0, 0.1) is 0 Å². The Bertz CT molecular complexity index is 488. The van der Waals surface area contributed by atoms with Gasteiger partial charge in [-0.15, -0.1) is 0 Å². The van der Waals surface area contributed by atoms with Crippen LogP contribution in [0.15, 0.2) is 24.3 Å². The average Bonchev–Trinajstić information content (AvgIpc) is 2.38. The molecule has 1 aromatic rings. The van der Waals surface area contributed by atoms with E-state index in [2.05, 4.69) is 10.1 Å². The van der Waals surface area contributed by atoms with Crippen LogP contribution >= 0.6 is 11.6 Å². The van der Waals surface area contributed by atoms with E-state index in [1.54, 1.807) is 24.3 Å². The molecule has 0 spiro atoms. The van der Waals surface area contributed by atoms with Crippen LogP contribution in [0.1, 0.15) is 19.3 Å². The number of ether oxygens (including phenoxy) is 1. The average molecular weight is 324 g/mol. The summed E-state index contributed by atoms with van der Waals surface area (Å²) in [5.74, 6) is -1.33. The van der Waals surface area contributed by atoms with E-state index in [0.717, 1.165) is 0 Å². The minimum Gasteiger partial charge on any atom is -0.456 e. The highest BCUT2D eigenvalue weighted by molar-refractivity contribution is 6.30. The number of nitrogens with one attached hydrogen (secondary N) is 1. The second kappa shape index (κ2) is 7.87. The minimum absolute atomic E-state index is 0.00371. The molecule has 0 bridgehead atoms. The van der Waals surface area contributed by atoms with Gasteiger partial charge < -0.3 is 10.1 Å². The van der Waals surface area contributed by atoms with Gasteiger partial charge in [0.2, 0.25) is 5.91 Å². The van der Waals surface area contributed by atoms with Crippen molar-refractivity contribution in [1.29, 1.82) is 0 Å². The Morgan fingerprint density at radius 1 is 1.14 bits per heavy atom. The lowest BCUT2D eigenvalue weighted by molar-refractivity contribution is -0.186. The van der Waals surface area contributed by atoms with Gasteiger partial charge in [-0.05, 0) is 30.7 Å². The summed E-state index contributed by atoms with van der Waals surface area (Å²) in [6.45, 7) is -1.61. The highest BCUT2D eigenvalue weighted by Crippen LogP contribution is 2.16. The summed E-state index contributed by atoms with van der Waals surface area (Å²) in [6.07, 6.45) is -4.68. The molecule has 0 saturated heterocycles. The maximum absolute atomic E-state index is 11.8. The molecule has 0 fully saturated rings. The smallest absolute Gasteiger partial charge is 0.422 e.